The quantitative estimate of drug-likeness (QED) is 0.431. The van der Waals surface area contributed by atoms with Crippen LogP contribution >= 0.6 is 11.3 Å². The fourth-order valence-corrected chi connectivity index (χ4v) is 6.06. The normalized spacial score (nSPS) is 17.6. The predicted molar refractivity (Wildman–Crippen MR) is 129 cm³/mol. The number of ether oxygens (including phenoxy) is 1. The van der Waals surface area contributed by atoms with Gasteiger partial charge in [-0.2, -0.15) is 0 Å². The lowest BCUT2D eigenvalue weighted by Crippen LogP contribution is -2.44. The Balaban J connectivity index is 2.13. The summed E-state index contributed by atoms with van der Waals surface area (Å²) in [6, 6.07) is 7.07. The summed E-state index contributed by atoms with van der Waals surface area (Å²) in [5, 5.41) is 11.4. The van der Waals surface area contributed by atoms with Crippen molar-refractivity contribution in [3.05, 3.63) is 41.0 Å². The van der Waals surface area contributed by atoms with Crippen LogP contribution in [-0.4, -0.2) is 36.3 Å². The van der Waals surface area contributed by atoms with E-state index in [0.717, 1.165) is 22.6 Å². The van der Waals surface area contributed by atoms with Gasteiger partial charge >= 0.3 is 0 Å². The Morgan fingerprint density at radius 2 is 1.84 bits per heavy atom. The minimum atomic E-state index is -3.30. The summed E-state index contributed by atoms with van der Waals surface area (Å²) < 4.78 is 35.9. The maximum absolute atomic E-state index is 13.1. The lowest BCUT2D eigenvalue weighted by molar-refractivity contribution is 0.00244. The molecule has 2 rings (SSSR count). The lowest BCUT2D eigenvalue weighted by Gasteiger charge is -2.38. The number of aliphatic hydroxyl groups is 1. The summed E-state index contributed by atoms with van der Waals surface area (Å²) in [6.45, 7) is 14.3. The van der Waals surface area contributed by atoms with E-state index in [1.54, 1.807) is 14.0 Å². The molecule has 0 amide bonds. The molecule has 0 radical (unpaired) electrons. The molecule has 31 heavy (non-hydrogen) atoms. The third-order valence-electron chi connectivity index (χ3n) is 5.71. The molecule has 3 unspecified atom stereocenters. The molecular weight excluding hydrogens is 450 g/mol. The molecule has 3 atom stereocenters. The zero-order valence-corrected chi connectivity index (χ0v) is 22.2. The van der Waals surface area contributed by atoms with Crippen LogP contribution in [0.1, 0.15) is 51.2 Å². The van der Waals surface area contributed by atoms with Crippen molar-refractivity contribution in [2.45, 2.75) is 68.6 Å². The topological polar surface area (TPSA) is 105 Å². The first-order chi connectivity index (χ1) is 14.1. The number of nitrogens with one attached hydrogen (secondary N) is 2. The molecule has 0 bridgehead atoms. The largest absolute Gasteiger partial charge is 0.497 e. The second-order valence-corrected chi connectivity index (χ2v) is 17.4. The molecule has 10 heteroatoms. The highest BCUT2D eigenvalue weighted by Crippen LogP contribution is 2.38. The van der Waals surface area contributed by atoms with Crippen LogP contribution in [0.15, 0.2) is 34.7 Å². The minimum Gasteiger partial charge on any atom is -0.497 e. The molecule has 1 heterocycles. The van der Waals surface area contributed by atoms with Gasteiger partial charge in [-0.05, 0) is 49.7 Å². The second-order valence-electron chi connectivity index (χ2n) is 9.48. The molecule has 3 N–H and O–H groups in total. The van der Waals surface area contributed by atoms with Gasteiger partial charge in [0.1, 0.15) is 30.5 Å². The number of hydrogen-bond donors (Lipinski definition) is 3. The zero-order valence-electron chi connectivity index (χ0n) is 19.6. The van der Waals surface area contributed by atoms with Crippen LogP contribution in [0, 0.1) is 4.78 Å². The van der Waals surface area contributed by atoms with Gasteiger partial charge in [-0.3, -0.25) is 0 Å². The number of nitrogens with zero attached hydrogens (tertiary/aromatic N) is 1. The third-order valence-corrected chi connectivity index (χ3v) is 13.5. The Labute approximate surface area is 191 Å². The molecule has 0 aliphatic carbocycles. The first-order valence-electron chi connectivity index (χ1n) is 10.1. The minimum absolute atomic E-state index is 0.0220. The Kier molecular flexibility index (Phi) is 7.77. The van der Waals surface area contributed by atoms with E-state index in [1.165, 1.54) is 6.20 Å². The predicted octanol–water partition coefficient (Wildman–Crippen LogP) is 5.05. The number of aromatic nitrogens is 1. The molecule has 0 aliphatic heterocycles. The standard InChI is InChI=1S/C21H35N3O4S2Si/c1-15(16-9-11-17(27-6)12-10-16)24-30(22,26)18-13-23-19(29-18)21(5,25)14-28-31(7,8)20(2,3)4/h9-13,15,25H,14H2,1-8H3,(H2,22,24,26). The number of thiazole rings is 1. The molecule has 7 nitrogen and oxygen atoms in total. The van der Waals surface area contributed by atoms with Gasteiger partial charge in [-0.25, -0.2) is 18.7 Å². The van der Waals surface area contributed by atoms with E-state index in [1.807, 2.05) is 31.2 Å². The van der Waals surface area contributed by atoms with Crippen molar-refractivity contribution >= 4 is 29.6 Å². The average molecular weight is 486 g/mol. The summed E-state index contributed by atoms with van der Waals surface area (Å²) in [5.41, 5.74) is -0.435. The Morgan fingerprint density at radius 1 is 1.26 bits per heavy atom. The molecule has 174 valence electrons. The molecule has 0 saturated heterocycles. The zero-order chi connectivity index (χ0) is 23.7. The summed E-state index contributed by atoms with van der Waals surface area (Å²) in [7, 11) is -3.74. The maximum atomic E-state index is 13.1. The monoisotopic (exact) mass is 485 g/mol. The number of hydrogen-bond acceptors (Lipinski definition) is 7. The van der Waals surface area contributed by atoms with Crippen LogP contribution in [0.3, 0.4) is 0 Å². The summed E-state index contributed by atoms with van der Waals surface area (Å²) in [4.78, 5) is 4.27. The third kappa shape index (κ3) is 6.36. The van der Waals surface area contributed by atoms with Crippen LogP contribution in [0.25, 0.3) is 0 Å². The van der Waals surface area contributed by atoms with Gasteiger partial charge in [0.2, 0.25) is 0 Å². The molecule has 0 fully saturated rings. The smallest absolute Gasteiger partial charge is 0.192 e. The van der Waals surface area contributed by atoms with E-state index in [4.69, 9.17) is 13.9 Å². The second kappa shape index (κ2) is 9.28. The van der Waals surface area contributed by atoms with Crippen LogP contribution in [0.2, 0.25) is 18.1 Å². The lowest BCUT2D eigenvalue weighted by atomic mass is 10.1. The molecule has 2 aromatic rings. The van der Waals surface area contributed by atoms with Gasteiger partial charge in [0.15, 0.2) is 8.32 Å². The Morgan fingerprint density at radius 3 is 2.35 bits per heavy atom. The Hall–Kier alpha value is -1.30. The summed E-state index contributed by atoms with van der Waals surface area (Å²) >= 11 is 1.08. The van der Waals surface area contributed by atoms with Crippen molar-refractivity contribution in [2.75, 3.05) is 13.7 Å². The molecule has 0 spiro atoms. The van der Waals surface area contributed by atoms with Crippen molar-refractivity contribution < 1.29 is 18.5 Å². The summed E-state index contributed by atoms with van der Waals surface area (Å²) in [5.74, 6) is 0.733. The van der Waals surface area contributed by atoms with Gasteiger partial charge in [-0.15, -0.1) is 11.3 Å². The van der Waals surface area contributed by atoms with E-state index in [0.29, 0.717) is 5.01 Å². The first kappa shape index (κ1) is 26.0. The highest BCUT2D eigenvalue weighted by atomic mass is 32.2. The van der Waals surface area contributed by atoms with E-state index in [9.17, 15) is 9.32 Å². The fourth-order valence-electron chi connectivity index (χ4n) is 2.51. The van der Waals surface area contributed by atoms with Crippen molar-refractivity contribution in [2.24, 2.45) is 0 Å². The highest BCUT2D eigenvalue weighted by Gasteiger charge is 2.40. The Bertz CT molecular complexity index is 981. The van der Waals surface area contributed by atoms with Gasteiger partial charge in [0, 0.05) is 6.04 Å². The molecule has 1 aromatic heterocycles. The van der Waals surface area contributed by atoms with E-state index in [-0.39, 0.29) is 21.9 Å². The number of benzene rings is 1. The van der Waals surface area contributed by atoms with Crippen LogP contribution in [-0.2, 0) is 19.9 Å². The van der Waals surface area contributed by atoms with Crippen molar-refractivity contribution in [1.82, 2.24) is 9.71 Å². The van der Waals surface area contributed by atoms with E-state index in [2.05, 4.69) is 43.6 Å². The SMILES string of the molecule is COc1ccc(C(C)NS(=N)(=O)c2cnc(C(C)(O)CO[Si](C)(C)C(C)(C)C)s2)cc1. The number of methoxy groups -OCH3 is 1. The summed E-state index contributed by atoms with van der Waals surface area (Å²) in [6.07, 6.45) is 1.41. The van der Waals surface area contributed by atoms with Gasteiger partial charge in [0.05, 0.1) is 19.9 Å². The molecule has 0 saturated carbocycles. The van der Waals surface area contributed by atoms with Crippen molar-refractivity contribution in [1.29, 1.82) is 4.78 Å². The van der Waals surface area contributed by atoms with Crippen LogP contribution < -0.4 is 9.46 Å². The van der Waals surface area contributed by atoms with E-state index >= 15 is 0 Å². The maximum Gasteiger partial charge on any atom is 0.192 e. The van der Waals surface area contributed by atoms with E-state index < -0.39 is 23.8 Å². The highest BCUT2D eigenvalue weighted by molar-refractivity contribution is 7.92. The first-order valence-corrected chi connectivity index (χ1v) is 15.4. The number of rotatable bonds is 9. The molecule has 0 aliphatic rings. The van der Waals surface area contributed by atoms with Crippen LogP contribution in [0.5, 0.6) is 5.75 Å². The van der Waals surface area contributed by atoms with Gasteiger partial charge < -0.3 is 14.3 Å². The fraction of sp³-hybridized carbons (Fsp3) is 0.571. The van der Waals surface area contributed by atoms with Crippen LogP contribution in [0.4, 0.5) is 0 Å². The average Bonchev–Trinajstić information content (AvgIpc) is 3.18. The van der Waals surface area contributed by atoms with Crippen molar-refractivity contribution in [3.63, 3.8) is 0 Å². The molecular formula is C21H35N3O4S2Si. The molecule has 1 aromatic carbocycles. The van der Waals surface area contributed by atoms with Gasteiger partial charge in [-0.1, -0.05) is 32.9 Å². The van der Waals surface area contributed by atoms with Gasteiger partial charge in [0.25, 0.3) is 0 Å². The van der Waals surface area contributed by atoms with Crippen molar-refractivity contribution in [3.8, 4) is 5.75 Å².